The fourth-order valence-electron chi connectivity index (χ4n) is 1.27. The van der Waals surface area contributed by atoms with Gasteiger partial charge < -0.3 is 10.0 Å². The van der Waals surface area contributed by atoms with Gasteiger partial charge in [-0.05, 0) is 13.8 Å². The Hall–Kier alpha value is -0.910. The van der Waals surface area contributed by atoms with Crippen molar-refractivity contribution in [2.75, 3.05) is 18.8 Å². The van der Waals surface area contributed by atoms with Crippen LogP contribution >= 0.6 is 0 Å². The number of amides is 1. The van der Waals surface area contributed by atoms with E-state index in [1.807, 2.05) is 13.8 Å². The van der Waals surface area contributed by atoms with Crippen molar-refractivity contribution >= 4 is 22.7 Å². The molecule has 1 N–H and O–H groups in total. The lowest BCUT2D eigenvalue weighted by atomic mass is 10.3. The van der Waals surface area contributed by atoms with Gasteiger partial charge in [0.25, 0.3) is 0 Å². The SMILES string of the molecule is CCN(CC)C(=O)CS(=O)C(C)CC(=O)O. The maximum atomic E-state index is 11.6. The number of carbonyl (C=O) groups is 2. The molecule has 94 valence electrons. The molecular formula is C10H19NO4S. The number of aliphatic carboxylic acids is 1. The van der Waals surface area contributed by atoms with Crippen LogP contribution in [0.1, 0.15) is 27.2 Å². The number of hydrogen-bond donors (Lipinski definition) is 1. The van der Waals surface area contributed by atoms with Crippen LogP contribution in [0.15, 0.2) is 0 Å². The molecule has 5 nitrogen and oxygen atoms in total. The van der Waals surface area contributed by atoms with E-state index in [9.17, 15) is 13.8 Å². The Balaban J connectivity index is 4.23. The van der Waals surface area contributed by atoms with Gasteiger partial charge in [-0.2, -0.15) is 0 Å². The summed E-state index contributed by atoms with van der Waals surface area (Å²) in [6, 6.07) is 0. The van der Waals surface area contributed by atoms with Crippen LogP contribution in [0.25, 0.3) is 0 Å². The molecule has 0 aliphatic rings. The number of carbonyl (C=O) groups excluding carboxylic acids is 1. The van der Waals surface area contributed by atoms with E-state index in [0.717, 1.165) is 0 Å². The summed E-state index contributed by atoms with van der Waals surface area (Å²) in [6.45, 7) is 6.45. The number of carboxylic acids is 1. The molecule has 0 aliphatic carbocycles. The highest BCUT2D eigenvalue weighted by molar-refractivity contribution is 7.86. The Morgan fingerprint density at radius 3 is 2.19 bits per heavy atom. The summed E-state index contributed by atoms with van der Waals surface area (Å²) in [5, 5.41) is 8.05. The second kappa shape index (κ2) is 7.38. The van der Waals surface area contributed by atoms with Gasteiger partial charge >= 0.3 is 5.97 Å². The average molecular weight is 249 g/mol. The van der Waals surface area contributed by atoms with E-state index in [1.54, 1.807) is 11.8 Å². The number of rotatable bonds is 7. The van der Waals surface area contributed by atoms with E-state index in [1.165, 1.54) is 0 Å². The van der Waals surface area contributed by atoms with Gasteiger partial charge in [0, 0.05) is 29.1 Å². The first-order valence-corrected chi connectivity index (χ1v) is 6.67. The first-order valence-electron chi connectivity index (χ1n) is 5.29. The van der Waals surface area contributed by atoms with Gasteiger partial charge in [0.05, 0.1) is 6.42 Å². The minimum atomic E-state index is -1.41. The first-order chi connectivity index (χ1) is 7.42. The molecule has 0 heterocycles. The lowest BCUT2D eigenvalue weighted by Crippen LogP contribution is -2.35. The summed E-state index contributed by atoms with van der Waals surface area (Å²) in [5.41, 5.74) is 0. The normalized spacial score (nSPS) is 14.2. The van der Waals surface area contributed by atoms with Crippen molar-refractivity contribution in [1.29, 1.82) is 0 Å². The molecule has 0 spiro atoms. The van der Waals surface area contributed by atoms with E-state index in [-0.39, 0.29) is 18.1 Å². The van der Waals surface area contributed by atoms with Crippen molar-refractivity contribution in [3.8, 4) is 0 Å². The van der Waals surface area contributed by atoms with Gasteiger partial charge in [-0.3, -0.25) is 13.8 Å². The first kappa shape index (κ1) is 15.1. The van der Waals surface area contributed by atoms with E-state index in [2.05, 4.69) is 0 Å². The molecule has 6 heteroatoms. The van der Waals surface area contributed by atoms with Gasteiger partial charge in [0.15, 0.2) is 0 Å². The predicted octanol–water partition coefficient (Wildman–Crippen LogP) is 0.467. The summed E-state index contributed by atoms with van der Waals surface area (Å²) in [5.74, 6) is -1.26. The highest BCUT2D eigenvalue weighted by Gasteiger charge is 2.20. The summed E-state index contributed by atoms with van der Waals surface area (Å²) < 4.78 is 11.6. The third-order valence-corrected chi connectivity index (χ3v) is 3.89. The van der Waals surface area contributed by atoms with Crippen molar-refractivity contribution in [2.24, 2.45) is 0 Å². The minimum absolute atomic E-state index is 0.0872. The second-order valence-corrected chi connectivity index (χ2v) is 5.35. The quantitative estimate of drug-likeness (QED) is 0.711. The largest absolute Gasteiger partial charge is 0.481 e. The average Bonchev–Trinajstić information content (AvgIpc) is 2.18. The molecular weight excluding hydrogens is 230 g/mol. The van der Waals surface area contributed by atoms with Crippen molar-refractivity contribution in [3.63, 3.8) is 0 Å². The Bertz CT molecular complexity index is 276. The molecule has 0 rings (SSSR count). The number of nitrogens with zero attached hydrogens (tertiary/aromatic N) is 1. The van der Waals surface area contributed by atoms with Crippen molar-refractivity contribution in [1.82, 2.24) is 4.90 Å². The molecule has 0 aliphatic heterocycles. The van der Waals surface area contributed by atoms with Gasteiger partial charge in [0.1, 0.15) is 5.75 Å². The Morgan fingerprint density at radius 1 is 1.31 bits per heavy atom. The molecule has 1 amide bonds. The van der Waals surface area contributed by atoms with Crippen molar-refractivity contribution in [2.45, 2.75) is 32.4 Å². The van der Waals surface area contributed by atoms with Gasteiger partial charge in [-0.25, -0.2) is 0 Å². The highest BCUT2D eigenvalue weighted by Crippen LogP contribution is 2.03. The van der Waals surface area contributed by atoms with Crippen LogP contribution in [0, 0.1) is 0 Å². The number of hydrogen-bond acceptors (Lipinski definition) is 3. The highest BCUT2D eigenvalue weighted by atomic mass is 32.2. The van der Waals surface area contributed by atoms with Crippen molar-refractivity contribution < 1.29 is 18.9 Å². The van der Waals surface area contributed by atoms with Crippen LogP contribution in [0.3, 0.4) is 0 Å². The van der Waals surface area contributed by atoms with Crippen molar-refractivity contribution in [3.05, 3.63) is 0 Å². The molecule has 16 heavy (non-hydrogen) atoms. The summed E-state index contributed by atoms with van der Waals surface area (Å²) >= 11 is 0. The predicted molar refractivity (Wildman–Crippen MR) is 62.7 cm³/mol. The van der Waals surface area contributed by atoms with Crippen LogP contribution in [-0.2, 0) is 20.4 Å². The zero-order chi connectivity index (χ0) is 12.7. The summed E-state index contributed by atoms with van der Waals surface area (Å²) in [4.78, 5) is 23.6. The zero-order valence-electron chi connectivity index (χ0n) is 9.93. The van der Waals surface area contributed by atoms with Crippen LogP contribution < -0.4 is 0 Å². The molecule has 0 aromatic carbocycles. The molecule has 0 saturated heterocycles. The van der Waals surface area contributed by atoms with Gasteiger partial charge in [-0.1, -0.05) is 6.92 Å². The molecule has 0 aromatic heterocycles. The molecule has 0 saturated carbocycles. The third-order valence-electron chi connectivity index (χ3n) is 2.29. The summed E-state index contributed by atoms with van der Waals surface area (Å²) in [7, 11) is -1.41. The lowest BCUT2D eigenvalue weighted by Gasteiger charge is -2.19. The van der Waals surface area contributed by atoms with Crippen LogP contribution in [0.2, 0.25) is 0 Å². The maximum absolute atomic E-state index is 11.6. The smallest absolute Gasteiger partial charge is 0.304 e. The van der Waals surface area contributed by atoms with E-state index >= 15 is 0 Å². The standard InChI is InChI=1S/C10H19NO4S/c1-4-11(5-2)9(12)7-16(15)8(3)6-10(13)14/h8H,4-7H2,1-3H3,(H,13,14). The van der Waals surface area contributed by atoms with Gasteiger partial charge in [-0.15, -0.1) is 0 Å². The fourth-order valence-corrected chi connectivity index (χ4v) is 2.31. The zero-order valence-corrected chi connectivity index (χ0v) is 10.7. The second-order valence-electron chi connectivity index (χ2n) is 3.50. The molecule has 0 bridgehead atoms. The molecule has 0 fully saturated rings. The monoisotopic (exact) mass is 249 g/mol. The summed E-state index contributed by atoms with van der Waals surface area (Å²) in [6.07, 6.45) is -0.169. The van der Waals surface area contributed by atoms with Crippen LogP contribution in [-0.4, -0.2) is 50.2 Å². The van der Waals surface area contributed by atoms with Crippen LogP contribution in [0.4, 0.5) is 0 Å². The number of carboxylic acid groups (broad SMARTS) is 1. The maximum Gasteiger partial charge on any atom is 0.304 e. The Morgan fingerprint density at radius 2 is 1.81 bits per heavy atom. The van der Waals surface area contributed by atoms with E-state index < -0.39 is 22.0 Å². The molecule has 2 unspecified atom stereocenters. The van der Waals surface area contributed by atoms with Gasteiger partial charge in [0.2, 0.25) is 5.91 Å². The molecule has 0 radical (unpaired) electrons. The Labute approximate surface area is 98.3 Å². The fraction of sp³-hybridized carbons (Fsp3) is 0.800. The third kappa shape index (κ3) is 5.25. The topological polar surface area (TPSA) is 74.7 Å². The minimum Gasteiger partial charge on any atom is -0.481 e. The van der Waals surface area contributed by atoms with E-state index in [4.69, 9.17) is 5.11 Å². The van der Waals surface area contributed by atoms with E-state index in [0.29, 0.717) is 13.1 Å². The van der Waals surface area contributed by atoms with Crippen LogP contribution in [0.5, 0.6) is 0 Å². The lowest BCUT2D eigenvalue weighted by molar-refractivity contribution is -0.137. The molecule has 0 aromatic rings. The Kier molecular flexibility index (Phi) is 6.96. The molecule has 2 atom stereocenters.